The van der Waals surface area contributed by atoms with E-state index in [1.54, 1.807) is 0 Å². The first-order valence-corrected chi connectivity index (χ1v) is 9.84. The zero-order valence-electron chi connectivity index (χ0n) is 15.8. The zero-order chi connectivity index (χ0) is 19.2. The van der Waals surface area contributed by atoms with E-state index in [9.17, 15) is 0 Å². The number of pyridine rings is 1. The van der Waals surface area contributed by atoms with Crippen LogP contribution in [-0.4, -0.2) is 9.55 Å². The standard InChI is InChI=1S/C27H18N2/c1-2-10-19(11-3-1)23-18-20-12-4-7-15-24(20)28-27(23)29-25-16-8-5-13-21(25)22-14-6-9-17-26(22)29/h1-18H. The second kappa shape index (κ2) is 6.32. The molecule has 2 aromatic heterocycles. The molecule has 0 saturated heterocycles. The molecule has 0 unspecified atom stereocenters. The largest absolute Gasteiger partial charge is 0.293 e. The van der Waals surface area contributed by atoms with E-state index in [1.165, 1.54) is 27.4 Å². The van der Waals surface area contributed by atoms with E-state index in [4.69, 9.17) is 4.98 Å². The monoisotopic (exact) mass is 370 g/mol. The lowest BCUT2D eigenvalue weighted by molar-refractivity contribution is 1.10. The Bertz CT molecular complexity index is 1440. The Hall–Kier alpha value is -3.91. The van der Waals surface area contributed by atoms with Crippen molar-refractivity contribution in [3.8, 4) is 16.9 Å². The van der Waals surface area contributed by atoms with E-state index in [0.29, 0.717) is 0 Å². The molecule has 0 aliphatic rings. The van der Waals surface area contributed by atoms with Gasteiger partial charge in [-0.2, -0.15) is 0 Å². The second-order valence-corrected chi connectivity index (χ2v) is 7.29. The number of hydrogen-bond donors (Lipinski definition) is 0. The minimum absolute atomic E-state index is 0.965. The van der Waals surface area contributed by atoms with Crippen LogP contribution < -0.4 is 0 Å². The van der Waals surface area contributed by atoms with Gasteiger partial charge in [0.2, 0.25) is 0 Å². The summed E-state index contributed by atoms with van der Waals surface area (Å²) in [5, 5.41) is 3.64. The lowest BCUT2D eigenvalue weighted by Crippen LogP contribution is -2.01. The summed E-state index contributed by atoms with van der Waals surface area (Å²) in [5.74, 6) is 0.965. The normalized spacial score (nSPS) is 11.4. The summed E-state index contributed by atoms with van der Waals surface area (Å²) in [6.07, 6.45) is 0. The van der Waals surface area contributed by atoms with Gasteiger partial charge in [0.15, 0.2) is 0 Å². The van der Waals surface area contributed by atoms with Crippen molar-refractivity contribution in [3.05, 3.63) is 109 Å². The van der Waals surface area contributed by atoms with Crippen LogP contribution in [-0.2, 0) is 0 Å². The number of benzene rings is 4. The molecule has 6 aromatic rings. The molecule has 0 fully saturated rings. The highest BCUT2D eigenvalue weighted by molar-refractivity contribution is 6.09. The molecule has 0 amide bonds. The molecule has 4 aromatic carbocycles. The molecule has 6 rings (SSSR count). The molecular formula is C27H18N2. The fourth-order valence-corrected chi connectivity index (χ4v) is 4.26. The molecule has 0 aliphatic carbocycles. The Morgan fingerprint density at radius 3 is 1.86 bits per heavy atom. The molecule has 2 heterocycles. The van der Waals surface area contributed by atoms with Gasteiger partial charge in [0.05, 0.1) is 16.6 Å². The predicted molar refractivity (Wildman–Crippen MR) is 122 cm³/mol. The van der Waals surface area contributed by atoms with Gasteiger partial charge in [-0.15, -0.1) is 0 Å². The van der Waals surface area contributed by atoms with Crippen LogP contribution in [0, 0.1) is 0 Å². The first-order chi connectivity index (χ1) is 14.4. The SMILES string of the molecule is c1ccc(-c2cc3ccccc3nc2-n2c3ccccc3c3ccccc32)cc1. The van der Waals surface area contributed by atoms with Crippen LogP contribution in [0.5, 0.6) is 0 Å². The Balaban J connectivity index is 1.80. The molecule has 0 atom stereocenters. The molecule has 0 bridgehead atoms. The van der Waals surface area contributed by atoms with E-state index >= 15 is 0 Å². The molecule has 2 nitrogen and oxygen atoms in total. The Morgan fingerprint density at radius 2 is 1.14 bits per heavy atom. The number of hydrogen-bond acceptors (Lipinski definition) is 1. The number of para-hydroxylation sites is 3. The average Bonchev–Trinajstić information content (AvgIpc) is 3.13. The molecule has 0 radical (unpaired) electrons. The molecule has 0 aliphatic heterocycles. The maximum Gasteiger partial charge on any atom is 0.146 e. The second-order valence-electron chi connectivity index (χ2n) is 7.29. The third-order valence-corrected chi connectivity index (χ3v) is 5.58. The quantitative estimate of drug-likeness (QED) is 0.321. The van der Waals surface area contributed by atoms with Crippen LogP contribution in [0.2, 0.25) is 0 Å². The molecular weight excluding hydrogens is 352 g/mol. The maximum absolute atomic E-state index is 5.16. The average molecular weight is 370 g/mol. The highest BCUT2D eigenvalue weighted by atomic mass is 15.1. The zero-order valence-corrected chi connectivity index (χ0v) is 15.8. The third kappa shape index (κ3) is 2.46. The maximum atomic E-state index is 5.16. The van der Waals surface area contributed by atoms with Gasteiger partial charge in [0, 0.05) is 21.7 Å². The van der Waals surface area contributed by atoms with Crippen molar-refractivity contribution >= 4 is 32.7 Å². The van der Waals surface area contributed by atoms with Crippen LogP contribution in [0.3, 0.4) is 0 Å². The van der Waals surface area contributed by atoms with E-state index in [-0.39, 0.29) is 0 Å². The summed E-state index contributed by atoms with van der Waals surface area (Å²) in [6, 6.07) is 38.3. The van der Waals surface area contributed by atoms with Crippen LogP contribution in [0.4, 0.5) is 0 Å². The van der Waals surface area contributed by atoms with Gasteiger partial charge in [-0.1, -0.05) is 84.9 Å². The summed E-state index contributed by atoms with van der Waals surface area (Å²) < 4.78 is 2.30. The lowest BCUT2D eigenvalue weighted by Gasteiger charge is -2.14. The number of rotatable bonds is 2. The van der Waals surface area contributed by atoms with Crippen LogP contribution in [0.25, 0.3) is 49.7 Å². The molecule has 0 saturated carbocycles. The van der Waals surface area contributed by atoms with Gasteiger partial charge in [-0.25, -0.2) is 4.98 Å². The number of nitrogens with zero attached hydrogens (tertiary/aromatic N) is 2. The van der Waals surface area contributed by atoms with E-state index in [1.807, 2.05) is 6.07 Å². The summed E-state index contributed by atoms with van der Waals surface area (Å²) >= 11 is 0. The summed E-state index contributed by atoms with van der Waals surface area (Å²) in [6.45, 7) is 0. The Morgan fingerprint density at radius 1 is 0.552 bits per heavy atom. The van der Waals surface area contributed by atoms with Gasteiger partial charge in [-0.05, 0) is 29.8 Å². The fourth-order valence-electron chi connectivity index (χ4n) is 4.26. The van der Waals surface area contributed by atoms with Crippen molar-refractivity contribution in [1.82, 2.24) is 9.55 Å². The predicted octanol–water partition coefficient (Wildman–Crippen LogP) is 7.00. The first kappa shape index (κ1) is 16.1. The molecule has 136 valence electrons. The van der Waals surface area contributed by atoms with Crippen molar-refractivity contribution < 1.29 is 0 Å². The van der Waals surface area contributed by atoms with Gasteiger partial charge in [0.25, 0.3) is 0 Å². The van der Waals surface area contributed by atoms with Crippen molar-refractivity contribution in [2.24, 2.45) is 0 Å². The van der Waals surface area contributed by atoms with Crippen molar-refractivity contribution in [1.29, 1.82) is 0 Å². The van der Waals surface area contributed by atoms with Crippen LogP contribution >= 0.6 is 0 Å². The first-order valence-electron chi connectivity index (χ1n) is 9.84. The lowest BCUT2D eigenvalue weighted by atomic mass is 10.0. The molecule has 0 spiro atoms. The van der Waals surface area contributed by atoms with E-state index in [2.05, 4.69) is 108 Å². The molecule has 29 heavy (non-hydrogen) atoms. The minimum atomic E-state index is 0.965. The topological polar surface area (TPSA) is 17.8 Å². The van der Waals surface area contributed by atoms with Gasteiger partial charge < -0.3 is 0 Å². The van der Waals surface area contributed by atoms with Crippen molar-refractivity contribution in [2.45, 2.75) is 0 Å². The highest BCUT2D eigenvalue weighted by Crippen LogP contribution is 2.36. The van der Waals surface area contributed by atoms with E-state index in [0.717, 1.165) is 22.3 Å². The molecule has 2 heteroatoms. The van der Waals surface area contributed by atoms with Crippen LogP contribution in [0.1, 0.15) is 0 Å². The summed E-state index contributed by atoms with van der Waals surface area (Å²) in [7, 11) is 0. The van der Waals surface area contributed by atoms with Gasteiger partial charge in [-0.3, -0.25) is 4.57 Å². The fraction of sp³-hybridized carbons (Fsp3) is 0. The van der Waals surface area contributed by atoms with E-state index < -0.39 is 0 Å². The molecule has 0 N–H and O–H groups in total. The Labute approximate surface area is 168 Å². The number of fused-ring (bicyclic) bond motifs is 4. The smallest absolute Gasteiger partial charge is 0.146 e. The third-order valence-electron chi connectivity index (χ3n) is 5.58. The van der Waals surface area contributed by atoms with Crippen molar-refractivity contribution in [2.75, 3.05) is 0 Å². The number of aromatic nitrogens is 2. The van der Waals surface area contributed by atoms with Gasteiger partial charge in [0.1, 0.15) is 5.82 Å². The highest BCUT2D eigenvalue weighted by Gasteiger charge is 2.17. The summed E-state index contributed by atoms with van der Waals surface area (Å²) in [5.41, 5.74) is 5.66. The Kier molecular flexibility index (Phi) is 3.50. The summed E-state index contributed by atoms with van der Waals surface area (Å²) in [4.78, 5) is 5.16. The van der Waals surface area contributed by atoms with Crippen molar-refractivity contribution in [3.63, 3.8) is 0 Å². The van der Waals surface area contributed by atoms with Gasteiger partial charge >= 0.3 is 0 Å². The minimum Gasteiger partial charge on any atom is -0.293 e. The van der Waals surface area contributed by atoms with Crippen LogP contribution in [0.15, 0.2) is 109 Å².